The molecule has 23 heavy (non-hydrogen) atoms. The Labute approximate surface area is 140 Å². The molecule has 4 rings (SSSR count). The topological polar surface area (TPSA) is 29.5 Å². The summed E-state index contributed by atoms with van der Waals surface area (Å²) < 4.78 is 5.69. The van der Waals surface area contributed by atoms with E-state index in [2.05, 4.69) is 25.1 Å². The van der Waals surface area contributed by atoms with Gasteiger partial charge in [0, 0.05) is 0 Å². The number of aryl methyl sites for hydroxylation is 1. The maximum Gasteiger partial charge on any atom is 0.119 e. The van der Waals surface area contributed by atoms with Crippen LogP contribution in [0.3, 0.4) is 0 Å². The lowest BCUT2D eigenvalue weighted by molar-refractivity contribution is -0.0394. The van der Waals surface area contributed by atoms with Crippen LogP contribution in [0.4, 0.5) is 0 Å². The minimum Gasteiger partial charge on any atom is -0.494 e. The van der Waals surface area contributed by atoms with Crippen molar-refractivity contribution in [2.75, 3.05) is 6.61 Å². The molecule has 2 heteroatoms. The van der Waals surface area contributed by atoms with Crippen molar-refractivity contribution >= 4 is 0 Å². The number of hydrogen-bond acceptors (Lipinski definition) is 2. The lowest BCUT2D eigenvalue weighted by Gasteiger charge is -2.51. The van der Waals surface area contributed by atoms with Gasteiger partial charge in [-0.05, 0) is 98.3 Å². The van der Waals surface area contributed by atoms with Crippen LogP contribution in [0, 0.1) is 17.3 Å². The molecule has 0 spiro atoms. The van der Waals surface area contributed by atoms with Crippen molar-refractivity contribution in [2.24, 2.45) is 17.3 Å². The normalized spacial score (nSPS) is 38.6. The van der Waals surface area contributed by atoms with Gasteiger partial charge in [0.2, 0.25) is 0 Å². The first-order chi connectivity index (χ1) is 11.2. The predicted octanol–water partition coefficient (Wildman–Crippen LogP) is 4.69. The van der Waals surface area contributed by atoms with Crippen molar-refractivity contribution in [3.8, 4) is 5.75 Å². The second-order valence-electron chi connectivity index (χ2n) is 7.93. The Bertz CT molecular complexity index is 581. The molecule has 0 bridgehead atoms. The fraction of sp³-hybridized carbons (Fsp3) is 0.714. The Balaban J connectivity index is 1.65. The second-order valence-corrected chi connectivity index (χ2v) is 7.93. The van der Waals surface area contributed by atoms with Crippen molar-refractivity contribution in [1.82, 2.24) is 0 Å². The summed E-state index contributed by atoms with van der Waals surface area (Å²) in [6, 6.07) is 6.78. The van der Waals surface area contributed by atoms with Crippen LogP contribution in [0.2, 0.25) is 0 Å². The summed E-state index contributed by atoms with van der Waals surface area (Å²) in [7, 11) is 0. The van der Waals surface area contributed by atoms with E-state index in [1.807, 2.05) is 6.92 Å². The van der Waals surface area contributed by atoms with Gasteiger partial charge in [-0.1, -0.05) is 13.0 Å². The third kappa shape index (κ3) is 2.25. The number of aliphatic hydroxyl groups is 1. The molecule has 2 nitrogen and oxygen atoms in total. The number of ether oxygens (including phenoxy) is 1. The second kappa shape index (κ2) is 5.81. The number of rotatable bonds is 3. The minimum absolute atomic E-state index is 0.0554. The van der Waals surface area contributed by atoms with Crippen molar-refractivity contribution < 1.29 is 9.84 Å². The molecule has 0 amide bonds. The van der Waals surface area contributed by atoms with E-state index < -0.39 is 0 Å². The van der Waals surface area contributed by atoms with Crippen LogP contribution in [0.15, 0.2) is 18.2 Å². The summed E-state index contributed by atoms with van der Waals surface area (Å²) in [6.07, 6.45) is 8.31. The smallest absolute Gasteiger partial charge is 0.119 e. The molecule has 3 aliphatic rings. The third-order valence-electron chi connectivity index (χ3n) is 7.34. The van der Waals surface area contributed by atoms with Crippen molar-refractivity contribution in [3.63, 3.8) is 0 Å². The van der Waals surface area contributed by atoms with E-state index in [1.54, 1.807) is 5.56 Å². The molecule has 1 N–H and O–H groups in total. The first kappa shape index (κ1) is 15.5. The monoisotopic (exact) mass is 314 g/mol. The van der Waals surface area contributed by atoms with Crippen LogP contribution < -0.4 is 4.74 Å². The zero-order valence-corrected chi connectivity index (χ0v) is 14.6. The molecule has 3 aliphatic carbocycles. The minimum atomic E-state index is -0.0554. The first-order valence-corrected chi connectivity index (χ1v) is 9.63. The largest absolute Gasteiger partial charge is 0.494 e. The average Bonchev–Trinajstić information content (AvgIpc) is 2.92. The maximum absolute atomic E-state index is 10.6. The summed E-state index contributed by atoms with van der Waals surface area (Å²) in [5, 5.41) is 10.6. The van der Waals surface area contributed by atoms with E-state index in [1.165, 1.54) is 37.7 Å². The van der Waals surface area contributed by atoms with Crippen LogP contribution in [0.5, 0.6) is 5.75 Å². The summed E-state index contributed by atoms with van der Waals surface area (Å²) in [5.74, 6) is 3.26. The van der Waals surface area contributed by atoms with Gasteiger partial charge in [0.1, 0.15) is 5.75 Å². The number of hydrogen-bond donors (Lipinski definition) is 1. The molecule has 0 radical (unpaired) electrons. The lowest BCUT2D eigenvalue weighted by Crippen LogP contribution is -2.45. The Morgan fingerprint density at radius 1 is 1.17 bits per heavy atom. The summed E-state index contributed by atoms with van der Waals surface area (Å²) in [4.78, 5) is 0. The molecule has 0 heterocycles. The summed E-state index contributed by atoms with van der Waals surface area (Å²) in [5.41, 5.74) is 3.32. The standard InChI is InChI=1S/C21H30O2/c1-3-21-12-11-17-16-8-6-15(23-4-2)13-14(16)5-7-18(17)19(21)9-10-20(21)22/h6,8,13,17-20,22H,3-5,7,9-12H2,1-2H3/t17-,18-,19+,20+,21+/m1/s1. The lowest BCUT2D eigenvalue weighted by atomic mass is 9.54. The van der Waals surface area contributed by atoms with Crippen molar-refractivity contribution in [2.45, 2.75) is 70.8 Å². The SMILES string of the molecule is CCOc1ccc2c(c1)CC[C@@H]1[C@@H]2CC[C@]2(CC)[C@@H](O)CC[C@@H]12. The Hall–Kier alpha value is -1.02. The zero-order valence-electron chi connectivity index (χ0n) is 14.6. The Morgan fingerprint density at radius 3 is 2.83 bits per heavy atom. The highest BCUT2D eigenvalue weighted by molar-refractivity contribution is 5.40. The zero-order chi connectivity index (χ0) is 16.0. The molecule has 2 fully saturated rings. The molecular formula is C21H30O2. The molecule has 5 atom stereocenters. The molecule has 0 unspecified atom stereocenters. The molecule has 0 aromatic heterocycles. The van der Waals surface area contributed by atoms with Gasteiger partial charge in [-0.3, -0.25) is 0 Å². The summed E-state index contributed by atoms with van der Waals surface area (Å²) >= 11 is 0. The Kier molecular flexibility index (Phi) is 3.91. The van der Waals surface area contributed by atoms with Crippen LogP contribution in [0.1, 0.15) is 69.4 Å². The van der Waals surface area contributed by atoms with Gasteiger partial charge in [-0.15, -0.1) is 0 Å². The van der Waals surface area contributed by atoms with E-state index >= 15 is 0 Å². The maximum atomic E-state index is 10.6. The van der Waals surface area contributed by atoms with E-state index in [0.29, 0.717) is 5.92 Å². The van der Waals surface area contributed by atoms with Crippen LogP contribution in [0.25, 0.3) is 0 Å². The third-order valence-corrected chi connectivity index (χ3v) is 7.34. The summed E-state index contributed by atoms with van der Waals surface area (Å²) in [6.45, 7) is 5.09. The van der Waals surface area contributed by atoms with E-state index in [-0.39, 0.29) is 11.5 Å². The fourth-order valence-electron chi connectivity index (χ4n) is 6.27. The molecule has 126 valence electrons. The van der Waals surface area contributed by atoms with Gasteiger partial charge < -0.3 is 9.84 Å². The highest BCUT2D eigenvalue weighted by Crippen LogP contribution is 2.62. The molecular weight excluding hydrogens is 284 g/mol. The predicted molar refractivity (Wildman–Crippen MR) is 92.9 cm³/mol. The fourth-order valence-corrected chi connectivity index (χ4v) is 6.27. The first-order valence-electron chi connectivity index (χ1n) is 9.63. The molecule has 0 aliphatic heterocycles. The van der Waals surface area contributed by atoms with Crippen LogP contribution in [-0.4, -0.2) is 17.8 Å². The van der Waals surface area contributed by atoms with Crippen LogP contribution in [-0.2, 0) is 6.42 Å². The van der Waals surface area contributed by atoms with Gasteiger partial charge in [0.05, 0.1) is 12.7 Å². The van der Waals surface area contributed by atoms with Gasteiger partial charge in [0.25, 0.3) is 0 Å². The molecule has 2 saturated carbocycles. The van der Waals surface area contributed by atoms with Gasteiger partial charge in [-0.25, -0.2) is 0 Å². The highest BCUT2D eigenvalue weighted by atomic mass is 16.5. The van der Waals surface area contributed by atoms with Gasteiger partial charge >= 0.3 is 0 Å². The van der Waals surface area contributed by atoms with Gasteiger partial charge in [0.15, 0.2) is 0 Å². The highest BCUT2D eigenvalue weighted by Gasteiger charge is 2.55. The molecule has 0 saturated heterocycles. The molecule has 1 aromatic carbocycles. The molecule has 1 aromatic rings. The van der Waals surface area contributed by atoms with E-state index in [4.69, 9.17) is 4.74 Å². The van der Waals surface area contributed by atoms with Crippen molar-refractivity contribution in [3.05, 3.63) is 29.3 Å². The van der Waals surface area contributed by atoms with E-state index in [0.717, 1.165) is 37.0 Å². The quantitative estimate of drug-likeness (QED) is 0.877. The number of benzene rings is 1. The Morgan fingerprint density at radius 2 is 2.04 bits per heavy atom. The number of fused-ring (bicyclic) bond motifs is 5. The number of aliphatic hydroxyl groups excluding tert-OH is 1. The van der Waals surface area contributed by atoms with Crippen LogP contribution >= 0.6 is 0 Å². The van der Waals surface area contributed by atoms with E-state index in [9.17, 15) is 5.11 Å². The average molecular weight is 314 g/mol. The van der Waals surface area contributed by atoms with Gasteiger partial charge in [-0.2, -0.15) is 0 Å². The van der Waals surface area contributed by atoms with Crippen molar-refractivity contribution in [1.29, 1.82) is 0 Å².